The molecule has 11 heteroatoms. The van der Waals surface area contributed by atoms with Crippen LogP contribution in [0.15, 0.2) is 35.2 Å². The first kappa shape index (κ1) is 17.6. The average Bonchev–Trinajstić information content (AvgIpc) is 2.89. The number of hydrogen-bond donors (Lipinski definition) is 4. The minimum absolute atomic E-state index is 0.0618. The normalized spacial score (nSPS) is 11.2. The van der Waals surface area contributed by atoms with E-state index in [2.05, 4.69) is 10.3 Å². The van der Waals surface area contributed by atoms with Gasteiger partial charge in [0, 0.05) is 11.1 Å². The molecule has 0 unspecified atom stereocenters. The highest BCUT2D eigenvalue weighted by molar-refractivity contribution is 7.89. The van der Waals surface area contributed by atoms with Crippen molar-refractivity contribution in [2.24, 2.45) is 5.14 Å². The van der Waals surface area contributed by atoms with E-state index >= 15 is 0 Å². The number of thiophene rings is 1. The van der Waals surface area contributed by atoms with Gasteiger partial charge in [-0.25, -0.2) is 18.5 Å². The number of primary sulfonamides is 1. The third-order valence-electron chi connectivity index (χ3n) is 3.52. The van der Waals surface area contributed by atoms with Gasteiger partial charge in [-0.1, -0.05) is 0 Å². The summed E-state index contributed by atoms with van der Waals surface area (Å²) in [6, 6.07) is 8.77. The summed E-state index contributed by atoms with van der Waals surface area (Å²) in [6.07, 6.45) is 0. The van der Waals surface area contributed by atoms with Gasteiger partial charge in [0.1, 0.15) is 21.6 Å². The molecule has 0 atom stereocenters. The molecule has 0 saturated carbocycles. The van der Waals surface area contributed by atoms with Gasteiger partial charge in [-0.15, -0.1) is 11.3 Å². The Kier molecular flexibility index (Phi) is 4.25. The number of nitrogens with one attached hydrogen (secondary N) is 1. The third-order valence-corrected chi connectivity index (χ3v) is 5.56. The van der Waals surface area contributed by atoms with Crippen molar-refractivity contribution in [2.45, 2.75) is 4.90 Å². The van der Waals surface area contributed by atoms with Crippen LogP contribution in [0.5, 0.6) is 0 Å². The van der Waals surface area contributed by atoms with Crippen molar-refractivity contribution in [2.75, 3.05) is 16.8 Å². The van der Waals surface area contributed by atoms with Crippen molar-refractivity contribution in [3.05, 3.63) is 40.8 Å². The molecule has 0 aliphatic rings. The fourth-order valence-corrected chi connectivity index (χ4v) is 3.72. The van der Waals surface area contributed by atoms with Gasteiger partial charge in [0.2, 0.25) is 10.0 Å². The first-order valence-corrected chi connectivity index (χ1v) is 9.40. The average molecular weight is 388 g/mol. The number of nitriles is 1. The molecule has 0 fully saturated rings. The molecule has 1 aromatic carbocycles. The molecule has 0 bridgehead atoms. The maximum atomic E-state index is 12.5. The minimum Gasteiger partial charge on any atom is -0.397 e. The zero-order valence-corrected chi connectivity index (χ0v) is 14.7. The van der Waals surface area contributed by atoms with E-state index in [0.29, 0.717) is 15.9 Å². The van der Waals surface area contributed by atoms with Crippen molar-refractivity contribution < 1.29 is 13.2 Å². The summed E-state index contributed by atoms with van der Waals surface area (Å²) >= 11 is 1.04. The second-order valence-corrected chi connectivity index (χ2v) is 7.81. The number of carbonyl (C=O) groups excluding carboxylic acids is 1. The lowest BCUT2D eigenvalue weighted by molar-refractivity contribution is 0.103. The summed E-state index contributed by atoms with van der Waals surface area (Å²) in [5, 5.41) is 17.1. The molecule has 0 aliphatic carbocycles. The number of rotatable bonds is 3. The Balaban J connectivity index is 1.93. The Bertz CT molecular complexity index is 1180. The van der Waals surface area contributed by atoms with Gasteiger partial charge in [0.15, 0.2) is 0 Å². The van der Waals surface area contributed by atoms with E-state index in [1.54, 1.807) is 0 Å². The van der Waals surface area contributed by atoms with Gasteiger partial charge < -0.3 is 16.8 Å². The maximum absolute atomic E-state index is 12.5. The summed E-state index contributed by atoms with van der Waals surface area (Å²) < 4.78 is 22.5. The van der Waals surface area contributed by atoms with Crippen molar-refractivity contribution in [1.29, 1.82) is 5.26 Å². The van der Waals surface area contributed by atoms with Crippen molar-refractivity contribution in [1.82, 2.24) is 4.98 Å². The zero-order valence-electron chi connectivity index (χ0n) is 13.1. The number of nitrogen functional groups attached to an aromatic ring is 2. The highest BCUT2D eigenvalue weighted by Crippen LogP contribution is 2.34. The standard InChI is InChI=1S/C15H12N6O3S2/c16-6-7-5-10-11(17)12(25-15(10)21-13(7)18)14(22)20-8-1-3-9(4-2-8)26(19,23)24/h1-5H,17H2,(H2,18,21)(H,20,22)(H2,19,23,24). The number of sulfonamides is 1. The molecule has 0 aliphatic heterocycles. The maximum Gasteiger partial charge on any atom is 0.267 e. The van der Waals surface area contributed by atoms with E-state index in [9.17, 15) is 13.2 Å². The van der Waals surface area contributed by atoms with Gasteiger partial charge in [-0.05, 0) is 30.3 Å². The zero-order chi connectivity index (χ0) is 19.1. The van der Waals surface area contributed by atoms with E-state index < -0.39 is 15.9 Å². The van der Waals surface area contributed by atoms with E-state index in [1.165, 1.54) is 30.3 Å². The van der Waals surface area contributed by atoms with Crippen LogP contribution in [0.25, 0.3) is 10.2 Å². The van der Waals surface area contributed by atoms with Crippen LogP contribution in [0.2, 0.25) is 0 Å². The molecule has 132 valence electrons. The molecule has 2 heterocycles. The summed E-state index contributed by atoms with van der Waals surface area (Å²) in [4.78, 5) is 17.1. The van der Waals surface area contributed by atoms with Gasteiger partial charge in [0.25, 0.3) is 5.91 Å². The number of fused-ring (bicyclic) bond motifs is 1. The van der Waals surface area contributed by atoms with E-state index in [-0.39, 0.29) is 26.8 Å². The number of nitrogens with two attached hydrogens (primary N) is 3. The Morgan fingerprint density at radius 1 is 1.23 bits per heavy atom. The molecule has 2 aromatic heterocycles. The van der Waals surface area contributed by atoms with Gasteiger partial charge in [-0.2, -0.15) is 5.26 Å². The van der Waals surface area contributed by atoms with Crippen molar-refractivity contribution in [3.63, 3.8) is 0 Å². The largest absolute Gasteiger partial charge is 0.397 e. The number of anilines is 3. The SMILES string of the molecule is N#Cc1cc2c(N)c(C(=O)Nc3ccc(S(N)(=O)=O)cc3)sc2nc1N. The second-order valence-electron chi connectivity index (χ2n) is 5.25. The summed E-state index contributed by atoms with van der Waals surface area (Å²) in [5.74, 6) is -0.433. The predicted octanol–water partition coefficient (Wildman–Crippen LogP) is 1.23. The Hall–Kier alpha value is -3.20. The molecule has 3 rings (SSSR count). The molecule has 26 heavy (non-hydrogen) atoms. The van der Waals surface area contributed by atoms with Crippen LogP contribution in [0, 0.1) is 11.3 Å². The Morgan fingerprint density at radius 3 is 2.46 bits per heavy atom. The number of hydrogen-bond acceptors (Lipinski definition) is 8. The summed E-state index contributed by atoms with van der Waals surface area (Å²) in [6.45, 7) is 0. The number of benzene rings is 1. The van der Waals surface area contributed by atoms with Crippen molar-refractivity contribution >= 4 is 54.7 Å². The fraction of sp³-hybridized carbons (Fsp3) is 0. The van der Waals surface area contributed by atoms with E-state index in [0.717, 1.165) is 11.3 Å². The lowest BCUT2D eigenvalue weighted by Gasteiger charge is -2.05. The highest BCUT2D eigenvalue weighted by Gasteiger charge is 2.19. The smallest absolute Gasteiger partial charge is 0.267 e. The second kappa shape index (κ2) is 6.26. The van der Waals surface area contributed by atoms with Gasteiger partial charge in [0.05, 0.1) is 16.1 Å². The number of carbonyl (C=O) groups is 1. The van der Waals surface area contributed by atoms with Crippen LogP contribution >= 0.6 is 11.3 Å². The Morgan fingerprint density at radius 2 is 1.88 bits per heavy atom. The highest BCUT2D eigenvalue weighted by atomic mass is 32.2. The van der Waals surface area contributed by atoms with Gasteiger partial charge >= 0.3 is 0 Å². The molecule has 0 spiro atoms. The van der Waals surface area contributed by atoms with Crippen LogP contribution in [0.4, 0.5) is 17.2 Å². The van der Waals surface area contributed by atoms with Crippen LogP contribution in [-0.4, -0.2) is 19.3 Å². The fourth-order valence-electron chi connectivity index (χ4n) is 2.23. The van der Waals surface area contributed by atoms with Crippen LogP contribution in [0.1, 0.15) is 15.2 Å². The molecule has 0 radical (unpaired) electrons. The van der Waals surface area contributed by atoms with E-state index in [1.807, 2.05) is 6.07 Å². The molecule has 0 saturated heterocycles. The first-order valence-electron chi connectivity index (χ1n) is 7.03. The number of nitrogens with zero attached hydrogens (tertiary/aromatic N) is 2. The Labute approximate surface area is 152 Å². The first-order chi connectivity index (χ1) is 12.2. The van der Waals surface area contributed by atoms with Crippen LogP contribution < -0.4 is 21.9 Å². The molecule has 9 nitrogen and oxygen atoms in total. The quantitative estimate of drug-likeness (QED) is 0.521. The molecule has 3 aromatic rings. The summed E-state index contributed by atoms with van der Waals surface area (Å²) in [5.41, 5.74) is 12.4. The lowest BCUT2D eigenvalue weighted by Crippen LogP contribution is -2.13. The van der Waals surface area contributed by atoms with E-state index in [4.69, 9.17) is 21.9 Å². The molecular weight excluding hydrogens is 376 g/mol. The van der Waals surface area contributed by atoms with Crippen LogP contribution in [-0.2, 0) is 10.0 Å². The number of aromatic nitrogens is 1. The number of pyridine rings is 1. The van der Waals surface area contributed by atoms with Crippen molar-refractivity contribution in [3.8, 4) is 6.07 Å². The topological polar surface area (TPSA) is 178 Å². The minimum atomic E-state index is -3.81. The summed E-state index contributed by atoms with van der Waals surface area (Å²) in [7, 11) is -3.81. The van der Waals surface area contributed by atoms with Crippen LogP contribution in [0.3, 0.4) is 0 Å². The predicted molar refractivity (Wildman–Crippen MR) is 98.9 cm³/mol. The number of amides is 1. The monoisotopic (exact) mass is 388 g/mol. The molecule has 1 amide bonds. The third kappa shape index (κ3) is 3.16. The molecule has 7 N–H and O–H groups in total. The molecular formula is C15H12N6O3S2. The van der Waals surface area contributed by atoms with Gasteiger partial charge in [-0.3, -0.25) is 4.79 Å². The lowest BCUT2D eigenvalue weighted by atomic mass is 10.2.